The van der Waals surface area contributed by atoms with Crippen molar-refractivity contribution in [1.82, 2.24) is 19.7 Å². The first-order valence-corrected chi connectivity index (χ1v) is 8.41. The van der Waals surface area contributed by atoms with Crippen LogP contribution in [0.3, 0.4) is 0 Å². The molecule has 0 fully saturated rings. The lowest BCUT2D eigenvalue weighted by molar-refractivity contribution is 0.140. The number of rotatable bonds is 8. The Morgan fingerprint density at radius 2 is 2.04 bits per heavy atom. The molecule has 0 aliphatic heterocycles. The van der Waals surface area contributed by atoms with E-state index < -0.39 is 0 Å². The third-order valence-corrected chi connectivity index (χ3v) is 4.46. The van der Waals surface area contributed by atoms with Gasteiger partial charge in [-0.1, -0.05) is 18.2 Å². The van der Waals surface area contributed by atoms with Crippen LogP contribution < -0.4 is 0 Å². The van der Waals surface area contributed by atoms with Gasteiger partial charge in [0, 0.05) is 31.6 Å². The number of thiophene rings is 1. The van der Waals surface area contributed by atoms with Gasteiger partial charge in [-0.15, -0.1) is 11.3 Å². The molecule has 5 nitrogen and oxygen atoms in total. The van der Waals surface area contributed by atoms with Crippen LogP contribution in [0.5, 0.6) is 0 Å². The molecule has 0 aliphatic rings. The second-order valence-electron chi connectivity index (χ2n) is 5.29. The van der Waals surface area contributed by atoms with E-state index in [0.29, 0.717) is 0 Å². The summed E-state index contributed by atoms with van der Waals surface area (Å²) in [4.78, 5) is 7.75. The summed E-state index contributed by atoms with van der Waals surface area (Å²) in [7, 11) is 1.75. The molecule has 3 aromatic rings. The van der Waals surface area contributed by atoms with E-state index in [2.05, 4.69) is 56.8 Å². The quantitative estimate of drug-likeness (QED) is 0.637. The third-order valence-electron chi connectivity index (χ3n) is 3.60. The minimum Gasteiger partial charge on any atom is -0.383 e. The lowest BCUT2D eigenvalue weighted by atomic mass is 10.2. The van der Waals surface area contributed by atoms with Crippen LogP contribution in [-0.4, -0.2) is 39.9 Å². The minimum atomic E-state index is 0.739. The predicted octanol–water partition coefficient (Wildman–Crippen LogP) is 2.98. The Labute approximate surface area is 140 Å². The normalized spacial score (nSPS) is 11.2. The van der Waals surface area contributed by atoms with Crippen molar-refractivity contribution in [2.24, 2.45) is 0 Å². The van der Waals surface area contributed by atoms with Crippen molar-refractivity contribution in [1.29, 1.82) is 0 Å². The molecule has 0 aliphatic carbocycles. The molecule has 0 unspecified atom stereocenters. The average molecular weight is 328 g/mol. The smallest absolute Gasteiger partial charge is 0.138 e. The standard InChI is InChI=1S/C17H20N4OS/c1-22-9-8-20(12-17-3-2-10-23-17)11-15-4-6-16(7-5-15)21-14-18-13-19-21/h2-7,10,13-14H,8-9,11-12H2,1H3. The maximum absolute atomic E-state index is 5.24. The van der Waals surface area contributed by atoms with Crippen molar-refractivity contribution in [3.63, 3.8) is 0 Å². The first-order valence-electron chi connectivity index (χ1n) is 7.53. The topological polar surface area (TPSA) is 43.2 Å². The van der Waals surface area contributed by atoms with Gasteiger partial charge in [-0.25, -0.2) is 9.67 Å². The van der Waals surface area contributed by atoms with Gasteiger partial charge in [0.2, 0.25) is 0 Å². The molecule has 3 rings (SSSR count). The Hall–Kier alpha value is -2.02. The molecule has 6 heteroatoms. The van der Waals surface area contributed by atoms with Crippen molar-refractivity contribution in [2.75, 3.05) is 20.3 Å². The number of ether oxygens (including phenoxy) is 1. The first-order chi connectivity index (χ1) is 11.3. The lowest BCUT2D eigenvalue weighted by Gasteiger charge is -2.21. The van der Waals surface area contributed by atoms with E-state index in [1.807, 2.05) is 0 Å². The van der Waals surface area contributed by atoms with Crippen LogP contribution in [0.4, 0.5) is 0 Å². The predicted molar refractivity (Wildman–Crippen MR) is 91.7 cm³/mol. The van der Waals surface area contributed by atoms with Crippen molar-refractivity contribution in [3.8, 4) is 5.69 Å². The number of hydrogen-bond acceptors (Lipinski definition) is 5. The molecular weight excluding hydrogens is 308 g/mol. The van der Waals surface area contributed by atoms with Crippen molar-refractivity contribution in [3.05, 3.63) is 64.9 Å². The van der Waals surface area contributed by atoms with Crippen molar-refractivity contribution < 1.29 is 4.74 Å². The summed E-state index contributed by atoms with van der Waals surface area (Å²) in [5.74, 6) is 0. The largest absolute Gasteiger partial charge is 0.383 e. The van der Waals surface area contributed by atoms with Crippen LogP contribution in [0.15, 0.2) is 54.4 Å². The van der Waals surface area contributed by atoms with E-state index in [1.165, 1.54) is 10.4 Å². The Balaban J connectivity index is 1.66. The molecular formula is C17H20N4OS. The summed E-state index contributed by atoms with van der Waals surface area (Å²) in [5, 5.41) is 6.27. The Bertz CT molecular complexity index is 680. The number of hydrogen-bond donors (Lipinski definition) is 0. The highest BCUT2D eigenvalue weighted by Gasteiger charge is 2.08. The maximum Gasteiger partial charge on any atom is 0.138 e. The Kier molecular flexibility index (Phi) is 5.52. The Morgan fingerprint density at radius 1 is 1.17 bits per heavy atom. The van der Waals surface area contributed by atoms with Crippen LogP contribution in [0.25, 0.3) is 5.69 Å². The van der Waals surface area contributed by atoms with E-state index in [1.54, 1.807) is 35.8 Å². The maximum atomic E-state index is 5.24. The molecule has 1 aromatic carbocycles. The van der Waals surface area contributed by atoms with Crippen LogP contribution in [0, 0.1) is 0 Å². The zero-order valence-corrected chi connectivity index (χ0v) is 13.9. The van der Waals surface area contributed by atoms with E-state index in [-0.39, 0.29) is 0 Å². The highest BCUT2D eigenvalue weighted by Crippen LogP contribution is 2.15. The SMILES string of the molecule is COCCN(Cc1ccc(-n2cncn2)cc1)Cc1cccs1. The van der Waals surface area contributed by atoms with Crippen LogP contribution in [-0.2, 0) is 17.8 Å². The van der Waals surface area contributed by atoms with Gasteiger partial charge in [0.1, 0.15) is 12.7 Å². The highest BCUT2D eigenvalue weighted by atomic mass is 32.1. The molecule has 0 saturated carbocycles. The second kappa shape index (κ2) is 8.01. The van der Waals surface area contributed by atoms with Gasteiger partial charge in [0.25, 0.3) is 0 Å². The van der Waals surface area contributed by atoms with Gasteiger partial charge in [-0.05, 0) is 29.1 Å². The molecule has 0 amide bonds. The minimum absolute atomic E-state index is 0.739. The first kappa shape index (κ1) is 15.9. The summed E-state index contributed by atoms with van der Waals surface area (Å²) in [6.07, 6.45) is 3.25. The molecule has 0 bridgehead atoms. The molecule has 120 valence electrons. The fourth-order valence-corrected chi connectivity index (χ4v) is 3.16. The molecule has 23 heavy (non-hydrogen) atoms. The fourth-order valence-electron chi connectivity index (χ4n) is 2.41. The lowest BCUT2D eigenvalue weighted by Crippen LogP contribution is -2.26. The number of aromatic nitrogens is 3. The van der Waals surface area contributed by atoms with Crippen molar-refractivity contribution in [2.45, 2.75) is 13.1 Å². The monoisotopic (exact) mass is 328 g/mol. The van der Waals surface area contributed by atoms with Gasteiger partial charge >= 0.3 is 0 Å². The van der Waals surface area contributed by atoms with Crippen LogP contribution >= 0.6 is 11.3 Å². The third kappa shape index (κ3) is 4.48. The van der Waals surface area contributed by atoms with Gasteiger partial charge in [0.05, 0.1) is 12.3 Å². The van der Waals surface area contributed by atoms with Gasteiger partial charge in [-0.2, -0.15) is 5.10 Å². The zero-order chi connectivity index (χ0) is 15.9. The van der Waals surface area contributed by atoms with E-state index in [9.17, 15) is 0 Å². The van der Waals surface area contributed by atoms with Crippen LogP contribution in [0.2, 0.25) is 0 Å². The number of nitrogens with zero attached hydrogens (tertiary/aromatic N) is 4. The summed E-state index contributed by atoms with van der Waals surface area (Å²) in [6, 6.07) is 12.7. The molecule has 0 atom stereocenters. The fraction of sp³-hybridized carbons (Fsp3) is 0.294. The molecule has 0 spiro atoms. The highest BCUT2D eigenvalue weighted by molar-refractivity contribution is 7.09. The van der Waals surface area contributed by atoms with Crippen molar-refractivity contribution >= 4 is 11.3 Å². The van der Waals surface area contributed by atoms with Crippen LogP contribution in [0.1, 0.15) is 10.4 Å². The molecule has 0 saturated heterocycles. The molecule has 2 aromatic heterocycles. The van der Waals surface area contributed by atoms with E-state index >= 15 is 0 Å². The number of benzene rings is 1. The zero-order valence-electron chi connectivity index (χ0n) is 13.1. The van der Waals surface area contributed by atoms with Gasteiger partial charge < -0.3 is 4.74 Å². The summed E-state index contributed by atoms with van der Waals surface area (Å²) in [5.41, 5.74) is 2.30. The average Bonchev–Trinajstić information content (AvgIpc) is 3.27. The van der Waals surface area contributed by atoms with Gasteiger partial charge in [-0.3, -0.25) is 4.90 Å². The Morgan fingerprint density at radius 3 is 2.70 bits per heavy atom. The molecule has 0 radical (unpaired) electrons. The molecule has 2 heterocycles. The van der Waals surface area contributed by atoms with E-state index in [0.717, 1.165) is 31.9 Å². The second-order valence-corrected chi connectivity index (χ2v) is 6.32. The summed E-state index contributed by atoms with van der Waals surface area (Å²) >= 11 is 1.79. The number of methoxy groups -OCH3 is 1. The van der Waals surface area contributed by atoms with Gasteiger partial charge in [0.15, 0.2) is 0 Å². The summed E-state index contributed by atoms with van der Waals surface area (Å²) < 4.78 is 7.00. The van der Waals surface area contributed by atoms with E-state index in [4.69, 9.17) is 4.74 Å². The summed E-state index contributed by atoms with van der Waals surface area (Å²) in [6.45, 7) is 3.51. The molecule has 0 N–H and O–H groups in total.